The summed E-state index contributed by atoms with van der Waals surface area (Å²) in [4.78, 5) is 0. The van der Waals surface area contributed by atoms with E-state index in [2.05, 4.69) is 31.2 Å². The first kappa shape index (κ1) is 8.60. The van der Waals surface area contributed by atoms with Crippen LogP contribution in [0.1, 0.15) is 38.6 Å². The van der Waals surface area contributed by atoms with Crippen LogP contribution in [0.25, 0.3) is 0 Å². The standard InChI is InChI=1S/C10H16N2O/c1-10(2,3)9-8-7(12-13-9)5-4-6-11-8/h11H,4-6H2,1-3H3. The van der Waals surface area contributed by atoms with Crippen LogP contribution >= 0.6 is 0 Å². The quantitative estimate of drug-likeness (QED) is 0.666. The summed E-state index contributed by atoms with van der Waals surface area (Å²) < 4.78 is 5.37. The van der Waals surface area contributed by atoms with E-state index in [-0.39, 0.29) is 5.41 Å². The molecule has 1 aliphatic rings. The summed E-state index contributed by atoms with van der Waals surface area (Å²) in [5.41, 5.74) is 2.28. The normalized spacial score (nSPS) is 16.5. The third kappa shape index (κ3) is 1.43. The van der Waals surface area contributed by atoms with Crippen molar-refractivity contribution in [2.45, 2.75) is 39.0 Å². The molecule has 0 atom stereocenters. The molecule has 2 rings (SSSR count). The molecule has 0 saturated heterocycles. The summed E-state index contributed by atoms with van der Waals surface area (Å²) in [6.07, 6.45) is 2.20. The van der Waals surface area contributed by atoms with Crippen molar-refractivity contribution < 1.29 is 4.52 Å². The van der Waals surface area contributed by atoms with Gasteiger partial charge in [0.2, 0.25) is 0 Å². The zero-order chi connectivity index (χ0) is 9.47. The van der Waals surface area contributed by atoms with Crippen molar-refractivity contribution in [2.24, 2.45) is 0 Å². The van der Waals surface area contributed by atoms with Crippen LogP contribution in [0.15, 0.2) is 4.52 Å². The molecule has 0 bridgehead atoms. The number of aryl methyl sites for hydroxylation is 1. The van der Waals surface area contributed by atoms with Crippen LogP contribution in [-0.4, -0.2) is 11.7 Å². The predicted octanol–water partition coefficient (Wildman–Crippen LogP) is 2.33. The largest absolute Gasteiger partial charge is 0.381 e. The predicted molar refractivity (Wildman–Crippen MR) is 52.0 cm³/mol. The van der Waals surface area contributed by atoms with E-state index in [9.17, 15) is 0 Å². The topological polar surface area (TPSA) is 38.1 Å². The van der Waals surface area contributed by atoms with Crippen molar-refractivity contribution in [2.75, 3.05) is 11.9 Å². The number of nitrogens with one attached hydrogen (secondary N) is 1. The highest BCUT2D eigenvalue weighted by atomic mass is 16.5. The van der Waals surface area contributed by atoms with Gasteiger partial charge in [0.1, 0.15) is 11.4 Å². The molecule has 0 aliphatic carbocycles. The van der Waals surface area contributed by atoms with Crippen LogP contribution in [0.3, 0.4) is 0 Å². The fourth-order valence-corrected chi connectivity index (χ4v) is 1.66. The van der Waals surface area contributed by atoms with Gasteiger partial charge >= 0.3 is 0 Å². The zero-order valence-electron chi connectivity index (χ0n) is 8.48. The molecule has 0 radical (unpaired) electrons. The van der Waals surface area contributed by atoms with E-state index in [1.54, 1.807) is 0 Å². The van der Waals surface area contributed by atoms with Crippen molar-refractivity contribution in [3.63, 3.8) is 0 Å². The van der Waals surface area contributed by atoms with E-state index in [4.69, 9.17) is 4.52 Å². The first-order valence-electron chi connectivity index (χ1n) is 4.82. The van der Waals surface area contributed by atoms with E-state index < -0.39 is 0 Å². The van der Waals surface area contributed by atoms with Crippen LogP contribution in [-0.2, 0) is 11.8 Å². The van der Waals surface area contributed by atoms with E-state index in [1.165, 1.54) is 0 Å². The Labute approximate surface area is 78.5 Å². The van der Waals surface area contributed by atoms with Gasteiger partial charge in [-0.15, -0.1) is 0 Å². The summed E-state index contributed by atoms with van der Waals surface area (Å²) in [6, 6.07) is 0. The monoisotopic (exact) mass is 180 g/mol. The third-order valence-electron chi connectivity index (χ3n) is 2.34. The van der Waals surface area contributed by atoms with Gasteiger partial charge in [-0.05, 0) is 12.8 Å². The number of hydrogen-bond donors (Lipinski definition) is 1. The van der Waals surface area contributed by atoms with E-state index in [1.807, 2.05) is 0 Å². The van der Waals surface area contributed by atoms with E-state index in [0.29, 0.717) is 0 Å². The molecule has 0 spiro atoms. The minimum atomic E-state index is 0.0466. The molecule has 3 heteroatoms. The Morgan fingerprint density at radius 3 is 2.85 bits per heavy atom. The molecule has 0 aromatic carbocycles. The second kappa shape index (κ2) is 2.76. The van der Waals surface area contributed by atoms with Crippen molar-refractivity contribution >= 4 is 5.69 Å². The molecule has 3 nitrogen and oxygen atoms in total. The lowest BCUT2D eigenvalue weighted by atomic mass is 9.91. The fraction of sp³-hybridized carbons (Fsp3) is 0.700. The van der Waals surface area contributed by atoms with Gasteiger partial charge in [-0.1, -0.05) is 25.9 Å². The third-order valence-corrected chi connectivity index (χ3v) is 2.34. The highest BCUT2D eigenvalue weighted by Gasteiger charge is 2.27. The van der Waals surface area contributed by atoms with Crippen molar-refractivity contribution in [1.82, 2.24) is 5.16 Å². The molecule has 0 unspecified atom stereocenters. The second-order valence-corrected chi connectivity index (χ2v) is 4.61. The molecule has 72 valence electrons. The Hall–Kier alpha value is -0.990. The molecule has 1 aromatic heterocycles. The van der Waals surface area contributed by atoms with Gasteiger partial charge in [-0.2, -0.15) is 0 Å². The number of fused-ring (bicyclic) bond motifs is 1. The Morgan fingerprint density at radius 2 is 2.15 bits per heavy atom. The second-order valence-electron chi connectivity index (χ2n) is 4.61. The van der Waals surface area contributed by atoms with Crippen molar-refractivity contribution in [3.05, 3.63) is 11.5 Å². The molecule has 2 heterocycles. The molecule has 13 heavy (non-hydrogen) atoms. The number of nitrogens with zero attached hydrogens (tertiary/aromatic N) is 1. The Kier molecular flexibility index (Phi) is 1.82. The molecular formula is C10H16N2O. The Morgan fingerprint density at radius 1 is 1.38 bits per heavy atom. The SMILES string of the molecule is CC(C)(C)c1onc2c1NCCC2. The number of hydrogen-bond acceptors (Lipinski definition) is 3. The summed E-state index contributed by atoms with van der Waals surface area (Å²) in [5, 5.41) is 7.45. The van der Waals surface area contributed by atoms with Gasteiger partial charge in [0.15, 0.2) is 5.76 Å². The van der Waals surface area contributed by atoms with Gasteiger partial charge in [0.05, 0.1) is 0 Å². The lowest BCUT2D eigenvalue weighted by Crippen LogP contribution is -2.17. The Balaban J connectivity index is 2.43. The maximum atomic E-state index is 5.37. The first-order valence-corrected chi connectivity index (χ1v) is 4.82. The highest BCUT2D eigenvalue weighted by Crippen LogP contribution is 2.34. The summed E-state index contributed by atoms with van der Waals surface area (Å²) >= 11 is 0. The summed E-state index contributed by atoms with van der Waals surface area (Å²) in [5.74, 6) is 0.988. The maximum Gasteiger partial charge on any atom is 0.165 e. The van der Waals surface area contributed by atoms with Gasteiger partial charge in [-0.3, -0.25) is 0 Å². The summed E-state index contributed by atoms with van der Waals surface area (Å²) in [7, 11) is 0. The lowest BCUT2D eigenvalue weighted by Gasteiger charge is -2.19. The molecule has 0 fully saturated rings. The number of aromatic nitrogens is 1. The zero-order valence-corrected chi connectivity index (χ0v) is 8.48. The molecule has 1 aliphatic heterocycles. The smallest absolute Gasteiger partial charge is 0.165 e. The average Bonchev–Trinajstić information content (AvgIpc) is 2.45. The van der Waals surface area contributed by atoms with Gasteiger partial charge in [-0.25, -0.2) is 0 Å². The van der Waals surface area contributed by atoms with Gasteiger partial charge in [0, 0.05) is 12.0 Å². The van der Waals surface area contributed by atoms with Crippen LogP contribution in [0.2, 0.25) is 0 Å². The number of anilines is 1. The van der Waals surface area contributed by atoms with Crippen LogP contribution in [0.4, 0.5) is 5.69 Å². The minimum Gasteiger partial charge on any atom is -0.381 e. The van der Waals surface area contributed by atoms with E-state index in [0.717, 1.165) is 36.5 Å². The maximum absolute atomic E-state index is 5.37. The van der Waals surface area contributed by atoms with E-state index >= 15 is 0 Å². The fourth-order valence-electron chi connectivity index (χ4n) is 1.66. The average molecular weight is 180 g/mol. The molecule has 1 N–H and O–H groups in total. The Bertz CT molecular complexity index is 309. The summed E-state index contributed by atoms with van der Waals surface area (Å²) in [6.45, 7) is 7.47. The molecule has 0 amide bonds. The highest BCUT2D eigenvalue weighted by molar-refractivity contribution is 5.54. The van der Waals surface area contributed by atoms with Crippen molar-refractivity contribution in [3.8, 4) is 0 Å². The van der Waals surface area contributed by atoms with Crippen LogP contribution in [0.5, 0.6) is 0 Å². The number of rotatable bonds is 0. The van der Waals surface area contributed by atoms with Gasteiger partial charge in [0.25, 0.3) is 0 Å². The van der Waals surface area contributed by atoms with Crippen molar-refractivity contribution in [1.29, 1.82) is 0 Å². The first-order chi connectivity index (χ1) is 6.09. The van der Waals surface area contributed by atoms with Crippen LogP contribution in [0, 0.1) is 0 Å². The van der Waals surface area contributed by atoms with Crippen LogP contribution < -0.4 is 5.32 Å². The van der Waals surface area contributed by atoms with Gasteiger partial charge < -0.3 is 9.84 Å². The molecule has 0 saturated carbocycles. The minimum absolute atomic E-state index is 0.0466. The molecular weight excluding hydrogens is 164 g/mol. The lowest BCUT2D eigenvalue weighted by molar-refractivity contribution is 0.327. The molecule has 1 aromatic rings.